The number of amides is 1. The van der Waals surface area contributed by atoms with Gasteiger partial charge in [0.05, 0.1) is 6.54 Å². The van der Waals surface area contributed by atoms with Gasteiger partial charge in [-0.1, -0.05) is 48.2 Å². The minimum atomic E-state index is -0.0792. The van der Waals surface area contributed by atoms with Crippen molar-refractivity contribution in [3.63, 3.8) is 0 Å². The summed E-state index contributed by atoms with van der Waals surface area (Å²) in [7, 11) is 0. The van der Waals surface area contributed by atoms with Crippen molar-refractivity contribution in [3.8, 4) is 11.8 Å². The predicted octanol–water partition coefficient (Wildman–Crippen LogP) is 4.75. The number of nitrogens with one attached hydrogen (secondary N) is 2. The zero-order valence-electron chi connectivity index (χ0n) is 15.5. The molecule has 0 radical (unpaired) electrons. The summed E-state index contributed by atoms with van der Waals surface area (Å²) in [5, 5.41) is 6.11. The maximum Gasteiger partial charge on any atom is 0.243 e. The first-order valence-corrected chi connectivity index (χ1v) is 8.89. The molecule has 3 aromatic rings. The van der Waals surface area contributed by atoms with Crippen molar-refractivity contribution in [2.24, 2.45) is 0 Å². The van der Waals surface area contributed by atoms with E-state index in [1.54, 1.807) is 0 Å². The largest absolute Gasteiger partial charge is 0.376 e. The van der Waals surface area contributed by atoms with Crippen molar-refractivity contribution in [1.29, 1.82) is 0 Å². The second-order valence-corrected chi connectivity index (χ2v) is 6.35. The third kappa shape index (κ3) is 5.23. The van der Waals surface area contributed by atoms with Crippen LogP contribution < -0.4 is 10.6 Å². The van der Waals surface area contributed by atoms with Gasteiger partial charge < -0.3 is 10.6 Å². The number of rotatable bonds is 4. The monoisotopic (exact) mass is 354 g/mol. The molecule has 134 valence electrons. The standard InChI is InChI=1S/C24H22N2O/c1-18-8-6-13-23(19(18)2)26-24(27)17-25-22-12-7-11-21(16-22)15-14-20-9-4-3-5-10-20/h3-13,16,25H,17H2,1-2H3,(H,26,27). The predicted molar refractivity (Wildman–Crippen MR) is 112 cm³/mol. The lowest BCUT2D eigenvalue weighted by atomic mass is 10.1. The van der Waals surface area contributed by atoms with Gasteiger partial charge >= 0.3 is 0 Å². The molecule has 0 aliphatic heterocycles. The second kappa shape index (κ2) is 8.73. The van der Waals surface area contributed by atoms with Gasteiger partial charge in [0.15, 0.2) is 0 Å². The fourth-order valence-electron chi connectivity index (χ4n) is 2.64. The Balaban J connectivity index is 1.61. The lowest BCUT2D eigenvalue weighted by Gasteiger charge is -2.11. The number of carbonyl (C=O) groups is 1. The molecule has 3 nitrogen and oxygen atoms in total. The maximum absolute atomic E-state index is 12.2. The van der Waals surface area contributed by atoms with Crippen molar-refractivity contribution in [3.05, 3.63) is 95.1 Å². The molecule has 0 atom stereocenters. The Bertz CT molecular complexity index is 998. The average Bonchev–Trinajstić information content (AvgIpc) is 2.69. The molecular weight excluding hydrogens is 332 g/mol. The lowest BCUT2D eigenvalue weighted by molar-refractivity contribution is -0.114. The van der Waals surface area contributed by atoms with Crippen LogP contribution in [-0.2, 0) is 4.79 Å². The Labute approximate surface area is 160 Å². The zero-order valence-corrected chi connectivity index (χ0v) is 15.5. The molecule has 0 aliphatic rings. The molecule has 0 spiro atoms. The summed E-state index contributed by atoms with van der Waals surface area (Å²) in [6.07, 6.45) is 0. The summed E-state index contributed by atoms with van der Waals surface area (Å²) in [5.41, 5.74) is 5.84. The molecule has 0 saturated carbocycles. The molecule has 0 saturated heterocycles. The van der Waals surface area contributed by atoms with Crippen molar-refractivity contribution in [2.75, 3.05) is 17.2 Å². The van der Waals surface area contributed by atoms with E-state index in [2.05, 4.69) is 22.5 Å². The van der Waals surface area contributed by atoms with E-state index in [1.165, 1.54) is 0 Å². The minimum absolute atomic E-state index is 0.0792. The van der Waals surface area contributed by atoms with E-state index in [-0.39, 0.29) is 12.5 Å². The number of benzene rings is 3. The molecule has 0 aliphatic carbocycles. The van der Waals surface area contributed by atoms with Gasteiger partial charge in [0.2, 0.25) is 5.91 Å². The van der Waals surface area contributed by atoms with Crippen molar-refractivity contribution >= 4 is 17.3 Å². The van der Waals surface area contributed by atoms with Crippen LogP contribution in [0.3, 0.4) is 0 Å². The quantitative estimate of drug-likeness (QED) is 0.664. The van der Waals surface area contributed by atoms with E-state index in [9.17, 15) is 4.79 Å². The highest BCUT2D eigenvalue weighted by molar-refractivity contribution is 5.94. The molecule has 3 heteroatoms. The smallest absolute Gasteiger partial charge is 0.243 e. The lowest BCUT2D eigenvalue weighted by Crippen LogP contribution is -2.22. The first-order chi connectivity index (χ1) is 13.1. The van der Waals surface area contributed by atoms with Crippen LogP contribution in [-0.4, -0.2) is 12.5 Å². The first kappa shape index (κ1) is 18.3. The van der Waals surface area contributed by atoms with Crippen LogP contribution in [0.15, 0.2) is 72.8 Å². The summed E-state index contributed by atoms with van der Waals surface area (Å²) < 4.78 is 0. The van der Waals surface area contributed by atoms with Crippen LogP contribution in [0.25, 0.3) is 0 Å². The zero-order chi connectivity index (χ0) is 19.1. The number of aryl methyl sites for hydroxylation is 1. The van der Waals surface area contributed by atoms with Gasteiger partial charge in [0.1, 0.15) is 0 Å². The van der Waals surface area contributed by atoms with E-state index in [0.717, 1.165) is 33.6 Å². The summed E-state index contributed by atoms with van der Waals surface area (Å²) >= 11 is 0. The third-order valence-corrected chi connectivity index (χ3v) is 4.32. The van der Waals surface area contributed by atoms with Crippen LogP contribution in [0.2, 0.25) is 0 Å². The summed E-state index contributed by atoms with van der Waals surface area (Å²) in [6.45, 7) is 4.24. The fraction of sp³-hybridized carbons (Fsp3) is 0.125. The molecule has 3 aromatic carbocycles. The number of hydrogen-bond acceptors (Lipinski definition) is 2. The third-order valence-electron chi connectivity index (χ3n) is 4.32. The van der Waals surface area contributed by atoms with Crippen LogP contribution >= 0.6 is 0 Å². The van der Waals surface area contributed by atoms with Crippen LogP contribution in [0.5, 0.6) is 0 Å². The first-order valence-electron chi connectivity index (χ1n) is 8.89. The van der Waals surface area contributed by atoms with Crippen LogP contribution in [0.1, 0.15) is 22.3 Å². The SMILES string of the molecule is Cc1cccc(NC(=O)CNc2cccc(C#Cc3ccccc3)c2)c1C. The van der Waals surface area contributed by atoms with Crippen molar-refractivity contribution in [1.82, 2.24) is 0 Å². The Morgan fingerprint density at radius 1 is 0.852 bits per heavy atom. The molecule has 2 N–H and O–H groups in total. The Kier molecular flexibility index (Phi) is 5.91. The summed E-state index contributed by atoms with van der Waals surface area (Å²) in [6, 6.07) is 23.5. The highest BCUT2D eigenvalue weighted by atomic mass is 16.1. The molecule has 0 heterocycles. The summed E-state index contributed by atoms with van der Waals surface area (Å²) in [5.74, 6) is 6.21. The van der Waals surface area contributed by atoms with Crippen LogP contribution in [0.4, 0.5) is 11.4 Å². The Hall–Kier alpha value is -3.51. The van der Waals surface area contributed by atoms with Crippen molar-refractivity contribution in [2.45, 2.75) is 13.8 Å². The van der Waals surface area contributed by atoms with Crippen molar-refractivity contribution < 1.29 is 4.79 Å². The molecule has 3 rings (SSSR count). The summed E-state index contributed by atoms with van der Waals surface area (Å²) in [4.78, 5) is 12.2. The van der Waals surface area contributed by atoms with E-state index < -0.39 is 0 Å². The fourth-order valence-corrected chi connectivity index (χ4v) is 2.64. The van der Waals surface area contributed by atoms with Gasteiger partial charge in [-0.15, -0.1) is 0 Å². The number of anilines is 2. The molecule has 0 fully saturated rings. The van der Waals surface area contributed by atoms with Gasteiger partial charge in [0.25, 0.3) is 0 Å². The van der Waals surface area contributed by atoms with Gasteiger partial charge in [-0.25, -0.2) is 0 Å². The number of hydrogen-bond donors (Lipinski definition) is 2. The highest BCUT2D eigenvalue weighted by Gasteiger charge is 2.06. The van der Waals surface area contributed by atoms with Gasteiger partial charge in [-0.05, 0) is 61.4 Å². The topological polar surface area (TPSA) is 41.1 Å². The minimum Gasteiger partial charge on any atom is -0.376 e. The van der Waals surface area contributed by atoms with Gasteiger partial charge in [-0.2, -0.15) is 0 Å². The highest BCUT2D eigenvalue weighted by Crippen LogP contribution is 2.18. The average molecular weight is 354 g/mol. The van der Waals surface area contributed by atoms with E-state index in [1.807, 2.05) is 86.6 Å². The van der Waals surface area contributed by atoms with Gasteiger partial charge in [-0.3, -0.25) is 4.79 Å². The van der Waals surface area contributed by atoms with Gasteiger partial charge in [0, 0.05) is 22.5 Å². The Morgan fingerprint density at radius 2 is 1.56 bits per heavy atom. The molecule has 1 amide bonds. The molecular formula is C24H22N2O. The Morgan fingerprint density at radius 3 is 2.37 bits per heavy atom. The normalized spacial score (nSPS) is 9.85. The molecule has 0 bridgehead atoms. The molecule has 27 heavy (non-hydrogen) atoms. The van der Waals surface area contributed by atoms with E-state index in [4.69, 9.17) is 0 Å². The van der Waals surface area contributed by atoms with E-state index >= 15 is 0 Å². The van der Waals surface area contributed by atoms with Crippen LogP contribution in [0, 0.1) is 25.7 Å². The molecule has 0 aromatic heterocycles. The molecule has 0 unspecified atom stereocenters. The second-order valence-electron chi connectivity index (χ2n) is 6.35. The van der Waals surface area contributed by atoms with E-state index in [0.29, 0.717) is 0 Å². The maximum atomic E-state index is 12.2. The number of carbonyl (C=O) groups excluding carboxylic acids is 1.